The van der Waals surface area contributed by atoms with Crippen molar-refractivity contribution in [3.05, 3.63) is 62.8 Å². The maximum absolute atomic E-state index is 12.2. The maximum atomic E-state index is 12.2. The van der Waals surface area contributed by atoms with Gasteiger partial charge in [0.25, 0.3) is 11.5 Å². The predicted octanol–water partition coefficient (Wildman–Crippen LogP) is 2.18. The Balaban J connectivity index is 1.42. The standard InChI is InChI=1S/C24H30N6O2/c1-5-18-24(32)28-22-15(2)17(6-7-19(22)27-18)14-29-10-12-30(13-11-29)21-9-8-20(23(31)25-4)26-16(21)3/h6-9H,5,10-14H2,1-4H3,(H,25,31)(H,28,32)/i4D3. The minimum Gasteiger partial charge on any atom is -0.368 e. The van der Waals surface area contributed by atoms with E-state index in [0.29, 0.717) is 17.8 Å². The summed E-state index contributed by atoms with van der Waals surface area (Å²) in [6.07, 6.45) is 0.601. The molecule has 1 amide bonds. The van der Waals surface area contributed by atoms with Gasteiger partial charge in [0.2, 0.25) is 0 Å². The first kappa shape index (κ1) is 18.3. The summed E-state index contributed by atoms with van der Waals surface area (Å²) in [5.74, 6) is -0.710. The molecule has 0 spiro atoms. The Morgan fingerprint density at radius 1 is 1.16 bits per heavy atom. The molecule has 8 heteroatoms. The van der Waals surface area contributed by atoms with Crippen LogP contribution in [0.1, 0.15) is 44.0 Å². The van der Waals surface area contributed by atoms with Crippen LogP contribution in [0.3, 0.4) is 0 Å². The van der Waals surface area contributed by atoms with Crippen LogP contribution in [-0.2, 0) is 13.0 Å². The van der Waals surface area contributed by atoms with Crippen molar-refractivity contribution in [1.82, 2.24) is 25.2 Å². The van der Waals surface area contributed by atoms with Crippen LogP contribution in [0.15, 0.2) is 29.1 Å². The average Bonchev–Trinajstić information content (AvgIpc) is 2.80. The number of H-pyrrole nitrogens is 1. The molecular formula is C24H30N6O2. The minimum atomic E-state index is -2.55. The molecule has 0 atom stereocenters. The number of amides is 1. The molecule has 0 aliphatic carbocycles. The number of hydrogen-bond donors (Lipinski definition) is 2. The fourth-order valence-corrected chi connectivity index (χ4v) is 4.25. The van der Waals surface area contributed by atoms with E-state index in [-0.39, 0.29) is 11.3 Å². The number of anilines is 1. The predicted molar refractivity (Wildman–Crippen MR) is 126 cm³/mol. The maximum Gasteiger partial charge on any atom is 0.270 e. The number of carbonyl (C=O) groups excluding carboxylic acids is 1. The number of carbonyl (C=O) groups is 1. The average molecular weight is 438 g/mol. The van der Waals surface area contributed by atoms with Gasteiger partial charge in [-0.2, -0.15) is 0 Å². The second-order valence-electron chi connectivity index (χ2n) is 8.13. The van der Waals surface area contributed by atoms with Crippen LogP contribution in [-0.4, -0.2) is 58.9 Å². The summed E-state index contributed by atoms with van der Waals surface area (Å²) in [6, 6.07) is 7.45. The minimum absolute atomic E-state index is 0.0892. The molecule has 8 nitrogen and oxygen atoms in total. The molecule has 1 aromatic carbocycles. The van der Waals surface area contributed by atoms with Crippen LogP contribution in [0.25, 0.3) is 11.0 Å². The number of fused-ring (bicyclic) bond motifs is 1. The van der Waals surface area contributed by atoms with Gasteiger partial charge >= 0.3 is 0 Å². The SMILES string of the molecule is [2H]C([2H])([2H])NC(=O)c1ccc(N2CCN(Cc3ccc4nc(CC)c(=O)[nH]c4c3C)CC2)c(C)n1. The zero-order valence-electron chi connectivity index (χ0n) is 21.7. The van der Waals surface area contributed by atoms with Gasteiger partial charge < -0.3 is 15.2 Å². The third-order valence-electron chi connectivity index (χ3n) is 6.16. The Kier molecular flexibility index (Phi) is 5.20. The highest BCUT2D eigenvalue weighted by Crippen LogP contribution is 2.23. The second kappa shape index (κ2) is 9.08. The first-order valence-electron chi connectivity index (χ1n) is 12.3. The lowest BCUT2D eigenvalue weighted by atomic mass is 10.1. The van der Waals surface area contributed by atoms with Crippen molar-refractivity contribution in [2.75, 3.05) is 38.1 Å². The van der Waals surface area contributed by atoms with Crippen LogP contribution in [0.5, 0.6) is 0 Å². The van der Waals surface area contributed by atoms with Crippen LogP contribution in [0.4, 0.5) is 5.69 Å². The quantitative estimate of drug-likeness (QED) is 0.635. The van der Waals surface area contributed by atoms with E-state index < -0.39 is 12.9 Å². The molecule has 3 aromatic rings. The molecule has 1 aliphatic rings. The normalized spacial score (nSPS) is 16.5. The molecule has 0 radical (unpaired) electrons. The highest BCUT2D eigenvalue weighted by atomic mass is 16.1. The number of aryl methyl sites for hydroxylation is 3. The van der Waals surface area contributed by atoms with Gasteiger partial charge in [-0.05, 0) is 49.6 Å². The monoisotopic (exact) mass is 437 g/mol. The summed E-state index contributed by atoms with van der Waals surface area (Å²) in [5.41, 5.74) is 5.96. The van der Waals surface area contributed by atoms with Crippen molar-refractivity contribution >= 4 is 22.6 Å². The number of aromatic amines is 1. The lowest BCUT2D eigenvalue weighted by Gasteiger charge is -2.36. The lowest BCUT2D eigenvalue weighted by Crippen LogP contribution is -2.46. The number of aromatic nitrogens is 3. The molecule has 1 saturated heterocycles. The molecule has 4 rings (SSSR count). The molecule has 32 heavy (non-hydrogen) atoms. The number of hydrogen-bond acceptors (Lipinski definition) is 6. The van der Waals surface area contributed by atoms with E-state index >= 15 is 0 Å². The van der Waals surface area contributed by atoms with Crippen LogP contribution < -0.4 is 15.8 Å². The summed E-state index contributed by atoms with van der Waals surface area (Å²) in [4.78, 5) is 40.8. The number of rotatable bonds is 5. The van der Waals surface area contributed by atoms with Crippen molar-refractivity contribution in [2.24, 2.45) is 0 Å². The van der Waals surface area contributed by atoms with Crippen molar-refractivity contribution < 1.29 is 8.91 Å². The molecule has 0 unspecified atom stereocenters. The van der Waals surface area contributed by atoms with Crippen LogP contribution >= 0.6 is 0 Å². The number of nitrogens with one attached hydrogen (secondary N) is 2. The van der Waals surface area contributed by atoms with E-state index in [1.54, 1.807) is 6.07 Å². The fraction of sp³-hybridized carbons (Fsp3) is 0.417. The Bertz CT molecular complexity index is 1310. The van der Waals surface area contributed by atoms with Crippen molar-refractivity contribution in [1.29, 1.82) is 0 Å². The molecule has 168 valence electrons. The van der Waals surface area contributed by atoms with E-state index in [2.05, 4.69) is 30.8 Å². The Labute approximate surface area is 191 Å². The number of piperazine rings is 1. The number of pyridine rings is 1. The van der Waals surface area contributed by atoms with Crippen molar-refractivity contribution in [3.63, 3.8) is 0 Å². The first-order chi connectivity index (χ1) is 16.6. The van der Waals surface area contributed by atoms with Crippen LogP contribution in [0, 0.1) is 13.8 Å². The Morgan fingerprint density at radius 3 is 2.62 bits per heavy atom. The van der Waals surface area contributed by atoms with E-state index in [1.807, 2.05) is 38.2 Å². The Morgan fingerprint density at radius 2 is 1.94 bits per heavy atom. The molecule has 1 aliphatic heterocycles. The topological polar surface area (TPSA) is 94.2 Å². The largest absolute Gasteiger partial charge is 0.368 e. The molecule has 3 heterocycles. The van der Waals surface area contributed by atoms with E-state index in [9.17, 15) is 9.59 Å². The van der Waals surface area contributed by atoms with E-state index in [1.165, 1.54) is 0 Å². The fourth-order valence-electron chi connectivity index (χ4n) is 4.25. The number of nitrogens with zero attached hydrogens (tertiary/aromatic N) is 4. The summed E-state index contributed by atoms with van der Waals surface area (Å²) in [6.45, 7) is 7.30. The number of benzene rings is 1. The highest BCUT2D eigenvalue weighted by Gasteiger charge is 2.21. The second-order valence-corrected chi connectivity index (χ2v) is 8.13. The molecular weight excluding hydrogens is 404 g/mol. The molecule has 2 N–H and O–H groups in total. The summed E-state index contributed by atoms with van der Waals surface area (Å²) in [7, 11) is 0. The van der Waals surface area contributed by atoms with Gasteiger partial charge in [-0.25, -0.2) is 9.97 Å². The van der Waals surface area contributed by atoms with Gasteiger partial charge in [-0.15, -0.1) is 0 Å². The zero-order valence-corrected chi connectivity index (χ0v) is 18.7. The van der Waals surface area contributed by atoms with Gasteiger partial charge in [0.05, 0.1) is 22.4 Å². The van der Waals surface area contributed by atoms with Gasteiger partial charge in [0.1, 0.15) is 11.4 Å². The van der Waals surface area contributed by atoms with Gasteiger partial charge in [-0.1, -0.05) is 13.0 Å². The van der Waals surface area contributed by atoms with Gasteiger partial charge in [-0.3, -0.25) is 14.5 Å². The summed E-state index contributed by atoms with van der Waals surface area (Å²) in [5, 5.41) is 1.97. The van der Waals surface area contributed by atoms with Crippen LogP contribution in [0.2, 0.25) is 0 Å². The summed E-state index contributed by atoms with van der Waals surface area (Å²) < 4.78 is 21.6. The van der Waals surface area contributed by atoms with Gasteiger partial charge in [0, 0.05) is 43.8 Å². The smallest absolute Gasteiger partial charge is 0.270 e. The molecule has 0 saturated carbocycles. The van der Waals surface area contributed by atoms with Gasteiger partial charge in [0.15, 0.2) is 0 Å². The van der Waals surface area contributed by atoms with E-state index in [0.717, 1.165) is 60.6 Å². The summed E-state index contributed by atoms with van der Waals surface area (Å²) >= 11 is 0. The first-order valence-corrected chi connectivity index (χ1v) is 10.8. The third kappa shape index (κ3) is 4.23. The third-order valence-corrected chi connectivity index (χ3v) is 6.16. The van der Waals surface area contributed by atoms with Crippen molar-refractivity contribution in [2.45, 2.75) is 33.7 Å². The lowest BCUT2D eigenvalue weighted by molar-refractivity contribution is 0.0958. The molecule has 0 bridgehead atoms. The van der Waals surface area contributed by atoms with E-state index in [4.69, 9.17) is 4.11 Å². The highest BCUT2D eigenvalue weighted by molar-refractivity contribution is 5.92. The molecule has 1 fully saturated rings. The zero-order chi connectivity index (χ0) is 25.3. The Hall–Kier alpha value is -3.26. The molecule has 2 aromatic heterocycles. The van der Waals surface area contributed by atoms with Crippen molar-refractivity contribution in [3.8, 4) is 0 Å².